The molecule has 0 amide bonds. The van der Waals surface area contributed by atoms with Crippen molar-refractivity contribution in [2.24, 2.45) is 22.7 Å². The van der Waals surface area contributed by atoms with E-state index in [1.165, 1.54) is 6.42 Å². The highest BCUT2D eigenvalue weighted by molar-refractivity contribution is 5.75. The minimum absolute atomic E-state index is 0.0727. The molecule has 5 nitrogen and oxygen atoms in total. The molecule has 3 aromatic carbocycles. The summed E-state index contributed by atoms with van der Waals surface area (Å²) in [5.41, 5.74) is 2.13. The van der Waals surface area contributed by atoms with Crippen molar-refractivity contribution in [3.05, 3.63) is 108 Å². The number of esters is 1. The van der Waals surface area contributed by atoms with Crippen molar-refractivity contribution in [1.29, 1.82) is 0 Å². The molecule has 0 radical (unpaired) electrons. The third kappa shape index (κ3) is 6.31. The van der Waals surface area contributed by atoms with Crippen LogP contribution in [-0.4, -0.2) is 41.3 Å². The minimum atomic E-state index is -1.07. The molecule has 3 aromatic rings. The van der Waals surface area contributed by atoms with E-state index in [1.54, 1.807) is 0 Å². The Balaban J connectivity index is 1.68. The van der Waals surface area contributed by atoms with E-state index in [2.05, 4.69) is 55.1 Å². The number of fused-ring (bicyclic) bond motifs is 2. The van der Waals surface area contributed by atoms with Gasteiger partial charge >= 0.3 is 5.97 Å². The minimum Gasteiger partial charge on any atom is -0.460 e. The van der Waals surface area contributed by atoms with Crippen LogP contribution in [0.3, 0.4) is 0 Å². The van der Waals surface area contributed by atoms with Crippen molar-refractivity contribution < 1.29 is 19.4 Å². The van der Waals surface area contributed by atoms with Gasteiger partial charge < -0.3 is 14.6 Å². The van der Waals surface area contributed by atoms with Crippen LogP contribution in [0.5, 0.6) is 0 Å². The number of hydrogen-bond donors (Lipinski definition) is 1. The number of hydrogen-bond acceptors (Lipinski definition) is 5. The molecule has 2 bridgehead atoms. The molecule has 2 aliphatic rings. The summed E-state index contributed by atoms with van der Waals surface area (Å²) in [6.07, 6.45) is 2.39. The fourth-order valence-electron chi connectivity index (χ4n) is 8.09. The zero-order valence-corrected chi connectivity index (χ0v) is 26.7. The summed E-state index contributed by atoms with van der Waals surface area (Å²) in [5.74, 6) is -0.666. The molecule has 0 saturated heterocycles. The smallest absolute Gasteiger partial charge is 0.314 e. The summed E-state index contributed by atoms with van der Waals surface area (Å²) in [5, 5.41) is 12.1. The second-order valence-electron chi connectivity index (χ2n) is 14.2. The molecule has 2 fully saturated rings. The van der Waals surface area contributed by atoms with Gasteiger partial charge in [-0.05, 0) is 68.1 Å². The fraction of sp³-hybridized carbons (Fsp3) is 0.500. The van der Waals surface area contributed by atoms with Crippen molar-refractivity contribution >= 4 is 5.97 Å². The Morgan fingerprint density at radius 2 is 1.49 bits per heavy atom. The maximum Gasteiger partial charge on any atom is 0.314 e. The predicted molar refractivity (Wildman–Crippen MR) is 171 cm³/mol. The van der Waals surface area contributed by atoms with Crippen molar-refractivity contribution in [3.8, 4) is 0 Å². The molecule has 0 aliphatic heterocycles. The van der Waals surface area contributed by atoms with Gasteiger partial charge in [0.25, 0.3) is 0 Å². The molecule has 0 heterocycles. The van der Waals surface area contributed by atoms with Gasteiger partial charge in [-0.15, -0.1) is 0 Å². The lowest BCUT2D eigenvalue weighted by molar-refractivity contribution is -0.170. The van der Waals surface area contributed by atoms with Gasteiger partial charge in [0.2, 0.25) is 0 Å². The lowest BCUT2D eigenvalue weighted by atomic mass is 9.67. The van der Waals surface area contributed by atoms with Crippen LogP contribution in [0.4, 0.5) is 0 Å². The van der Waals surface area contributed by atoms with E-state index in [0.29, 0.717) is 18.0 Å². The van der Waals surface area contributed by atoms with Crippen molar-refractivity contribution in [2.45, 2.75) is 84.3 Å². The quantitative estimate of drug-likeness (QED) is 0.234. The van der Waals surface area contributed by atoms with E-state index in [0.717, 1.165) is 30.5 Å². The SMILES string of the molecule is CO[C@@H]1C[C@H]2CC[C@]1(CN(Cc1ccccc1)C(c1ccccc1)C(C(=O)OC(C)(C)C)C(O)c1ccccc1)C2(C)C. The number of aliphatic hydroxyl groups is 1. The highest BCUT2D eigenvalue weighted by Gasteiger charge is 2.65. The Morgan fingerprint density at radius 3 is 2.02 bits per heavy atom. The van der Waals surface area contributed by atoms with Crippen LogP contribution >= 0.6 is 0 Å². The molecule has 2 aliphatic carbocycles. The second-order valence-corrected chi connectivity index (χ2v) is 14.2. The molecule has 230 valence electrons. The van der Waals surface area contributed by atoms with Gasteiger partial charge in [-0.1, -0.05) is 105 Å². The molecule has 6 atom stereocenters. The van der Waals surface area contributed by atoms with E-state index in [-0.39, 0.29) is 16.9 Å². The molecule has 5 rings (SSSR count). The number of aliphatic hydroxyl groups excluding tert-OH is 1. The number of methoxy groups -OCH3 is 1. The Bertz CT molecular complexity index is 1340. The first-order chi connectivity index (χ1) is 20.5. The molecule has 2 saturated carbocycles. The van der Waals surface area contributed by atoms with Crippen molar-refractivity contribution in [2.75, 3.05) is 13.7 Å². The standard InChI is InChI=1S/C38H49NO4/c1-36(2,3)43-35(41)32(34(40)29-20-14-9-15-21-29)33(28-18-12-8-13-19-28)39(25-27-16-10-7-11-17-27)26-38-23-22-30(37(38,4)5)24-31(38)42-6/h7-21,30-34,40H,22-26H2,1-6H3/t30-,31-,32?,33?,34?,38-/m1/s1. The molecule has 3 unspecified atom stereocenters. The highest BCUT2D eigenvalue weighted by Crippen LogP contribution is 2.67. The number of ether oxygens (including phenoxy) is 2. The lowest BCUT2D eigenvalue weighted by Crippen LogP contribution is -2.51. The molecular weight excluding hydrogens is 534 g/mol. The molecule has 43 heavy (non-hydrogen) atoms. The zero-order valence-electron chi connectivity index (χ0n) is 26.7. The summed E-state index contributed by atoms with van der Waals surface area (Å²) >= 11 is 0. The summed E-state index contributed by atoms with van der Waals surface area (Å²) < 4.78 is 12.4. The number of nitrogens with zero attached hydrogens (tertiary/aromatic N) is 1. The largest absolute Gasteiger partial charge is 0.460 e. The van der Waals surface area contributed by atoms with Gasteiger partial charge in [-0.3, -0.25) is 9.69 Å². The van der Waals surface area contributed by atoms with Crippen molar-refractivity contribution in [3.63, 3.8) is 0 Å². The number of benzene rings is 3. The van der Waals surface area contributed by atoms with Gasteiger partial charge in [-0.2, -0.15) is 0 Å². The summed E-state index contributed by atoms with van der Waals surface area (Å²) in [7, 11) is 1.85. The van der Waals surface area contributed by atoms with Crippen LogP contribution in [0.25, 0.3) is 0 Å². The van der Waals surface area contributed by atoms with Gasteiger partial charge in [0.1, 0.15) is 11.5 Å². The molecule has 1 N–H and O–H groups in total. The third-order valence-corrected chi connectivity index (χ3v) is 10.4. The normalized spacial score (nSPS) is 24.9. The maximum absolute atomic E-state index is 14.4. The average molecular weight is 584 g/mol. The Morgan fingerprint density at radius 1 is 0.930 bits per heavy atom. The molecule has 0 spiro atoms. The van der Waals surface area contributed by atoms with Crippen LogP contribution in [0.1, 0.15) is 82.7 Å². The number of carbonyl (C=O) groups is 1. The van der Waals surface area contributed by atoms with E-state index in [1.807, 2.05) is 82.5 Å². The third-order valence-electron chi connectivity index (χ3n) is 10.4. The van der Waals surface area contributed by atoms with Crippen molar-refractivity contribution in [1.82, 2.24) is 4.90 Å². The van der Waals surface area contributed by atoms with Gasteiger partial charge in [0.05, 0.1) is 18.2 Å². The first kappa shape index (κ1) is 31.4. The summed E-state index contributed by atoms with van der Waals surface area (Å²) in [6, 6.07) is 29.8. The highest BCUT2D eigenvalue weighted by atomic mass is 16.6. The maximum atomic E-state index is 14.4. The first-order valence-corrected chi connectivity index (χ1v) is 15.8. The van der Waals surface area contributed by atoms with Crippen LogP contribution < -0.4 is 0 Å². The second kappa shape index (κ2) is 12.6. The van der Waals surface area contributed by atoms with Crippen LogP contribution in [0.15, 0.2) is 91.0 Å². The molecular formula is C38H49NO4. The van der Waals surface area contributed by atoms with E-state index >= 15 is 0 Å². The summed E-state index contributed by atoms with van der Waals surface area (Å²) in [4.78, 5) is 16.8. The number of carbonyl (C=O) groups excluding carboxylic acids is 1. The predicted octanol–water partition coefficient (Wildman–Crippen LogP) is 7.76. The zero-order chi connectivity index (χ0) is 30.8. The Kier molecular flexibility index (Phi) is 9.18. The summed E-state index contributed by atoms with van der Waals surface area (Å²) in [6.45, 7) is 11.8. The van der Waals surface area contributed by atoms with E-state index < -0.39 is 29.6 Å². The van der Waals surface area contributed by atoms with Gasteiger partial charge in [-0.25, -0.2) is 0 Å². The van der Waals surface area contributed by atoms with Gasteiger partial charge in [0, 0.05) is 25.6 Å². The first-order valence-electron chi connectivity index (χ1n) is 15.8. The number of rotatable bonds is 11. The Hall–Kier alpha value is -2.99. The Labute approximate surface area is 258 Å². The topological polar surface area (TPSA) is 59.0 Å². The van der Waals surface area contributed by atoms with Gasteiger partial charge in [0.15, 0.2) is 0 Å². The van der Waals surface area contributed by atoms with Crippen LogP contribution in [0, 0.1) is 22.7 Å². The molecule has 0 aromatic heterocycles. The van der Waals surface area contributed by atoms with E-state index in [4.69, 9.17) is 9.47 Å². The van der Waals surface area contributed by atoms with Crippen LogP contribution in [-0.2, 0) is 20.8 Å². The van der Waals surface area contributed by atoms with Crippen LogP contribution in [0.2, 0.25) is 0 Å². The lowest BCUT2D eigenvalue weighted by Gasteiger charge is -2.48. The van der Waals surface area contributed by atoms with E-state index in [9.17, 15) is 9.90 Å². The monoisotopic (exact) mass is 583 g/mol. The fourth-order valence-corrected chi connectivity index (χ4v) is 8.09. The average Bonchev–Trinajstić information content (AvgIpc) is 3.35. The molecule has 5 heteroatoms.